The zero-order chi connectivity index (χ0) is 17.3. The first-order valence-corrected chi connectivity index (χ1v) is 9.19. The summed E-state index contributed by atoms with van der Waals surface area (Å²) in [5, 5.41) is 4.50. The van der Waals surface area contributed by atoms with Crippen molar-refractivity contribution in [3.05, 3.63) is 43.0 Å². The summed E-state index contributed by atoms with van der Waals surface area (Å²) in [5.41, 5.74) is 4.80. The Kier molecular flexibility index (Phi) is 3.74. The molecular weight excluding hydrogens is 324 g/mol. The van der Waals surface area contributed by atoms with Crippen LogP contribution in [0.25, 0.3) is 33.2 Å². The van der Waals surface area contributed by atoms with E-state index in [2.05, 4.69) is 42.4 Å². The standard InChI is InChI=1S/C20H20N6/c1-2-4-14(5-3-1)25-20-24-12-16-15(11-23-19(16)26-20)13-6-7-17-18(10-13)22-9-8-21-17/h6-12,14H,1-5H2,(H2,23,24,25,26). The lowest BCUT2D eigenvalue weighted by atomic mass is 9.96. The molecule has 0 spiro atoms. The van der Waals surface area contributed by atoms with Gasteiger partial charge in [0, 0.05) is 41.8 Å². The van der Waals surface area contributed by atoms with Crippen LogP contribution in [-0.4, -0.2) is 31.0 Å². The third kappa shape index (κ3) is 2.77. The molecule has 0 radical (unpaired) electrons. The van der Waals surface area contributed by atoms with Gasteiger partial charge in [0.2, 0.25) is 5.95 Å². The predicted molar refractivity (Wildman–Crippen MR) is 103 cm³/mol. The van der Waals surface area contributed by atoms with Gasteiger partial charge in [-0.25, -0.2) is 4.98 Å². The van der Waals surface area contributed by atoms with E-state index >= 15 is 0 Å². The van der Waals surface area contributed by atoms with Crippen LogP contribution in [0.1, 0.15) is 32.1 Å². The van der Waals surface area contributed by atoms with Gasteiger partial charge in [0.15, 0.2) is 0 Å². The van der Waals surface area contributed by atoms with E-state index in [-0.39, 0.29) is 0 Å². The third-order valence-corrected chi connectivity index (χ3v) is 5.15. The Morgan fingerprint density at radius 1 is 0.962 bits per heavy atom. The molecule has 26 heavy (non-hydrogen) atoms. The monoisotopic (exact) mass is 344 g/mol. The molecule has 0 atom stereocenters. The van der Waals surface area contributed by atoms with E-state index in [1.807, 2.05) is 18.5 Å². The molecule has 6 nitrogen and oxygen atoms in total. The highest BCUT2D eigenvalue weighted by Gasteiger charge is 2.15. The van der Waals surface area contributed by atoms with Crippen LogP contribution in [0.5, 0.6) is 0 Å². The highest BCUT2D eigenvalue weighted by atomic mass is 15.1. The summed E-state index contributed by atoms with van der Waals surface area (Å²) >= 11 is 0. The van der Waals surface area contributed by atoms with Crippen molar-refractivity contribution in [3.63, 3.8) is 0 Å². The summed E-state index contributed by atoms with van der Waals surface area (Å²) in [6.45, 7) is 0. The highest BCUT2D eigenvalue weighted by Crippen LogP contribution is 2.29. The predicted octanol–water partition coefficient (Wildman–Crippen LogP) is 4.31. The van der Waals surface area contributed by atoms with Crippen molar-refractivity contribution in [1.29, 1.82) is 0 Å². The van der Waals surface area contributed by atoms with Crippen LogP contribution in [0.4, 0.5) is 5.95 Å². The van der Waals surface area contributed by atoms with Crippen molar-refractivity contribution in [2.45, 2.75) is 38.1 Å². The average molecular weight is 344 g/mol. The maximum Gasteiger partial charge on any atom is 0.224 e. The molecular formula is C20H20N6. The van der Waals surface area contributed by atoms with Crippen LogP contribution >= 0.6 is 0 Å². The Morgan fingerprint density at radius 2 is 1.81 bits per heavy atom. The minimum atomic E-state index is 0.495. The van der Waals surface area contributed by atoms with Crippen LogP contribution in [0.3, 0.4) is 0 Å². The average Bonchev–Trinajstić information content (AvgIpc) is 3.12. The molecule has 1 aromatic carbocycles. The molecule has 0 unspecified atom stereocenters. The van der Waals surface area contributed by atoms with E-state index < -0.39 is 0 Å². The quantitative estimate of drug-likeness (QED) is 0.579. The highest BCUT2D eigenvalue weighted by molar-refractivity contribution is 5.95. The molecule has 1 aliphatic carbocycles. The van der Waals surface area contributed by atoms with Gasteiger partial charge in [-0.3, -0.25) is 9.97 Å². The van der Waals surface area contributed by atoms with E-state index in [0.717, 1.165) is 33.2 Å². The van der Waals surface area contributed by atoms with Gasteiger partial charge in [0.05, 0.1) is 11.0 Å². The Bertz CT molecular complexity index is 1060. The fourth-order valence-electron chi connectivity index (χ4n) is 3.78. The summed E-state index contributed by atoms with van der Waals surface area (Å²) in [7, 11) is 0. The number of H-pyrrole nitrogens is 1. The second-order valence-electron chi connectivity index (χ2n) is 6.90. The Hall–Kier alpha value is -3.02. The molecule has 5 rings (SSSR count). The first kappa shape index (κ1) is 15.3. The summed E-state index contributed by atoms with van der Waals surface area (Å²) < 4.78 is 0. The van der Waals surface area contributed by atoms with Gasteiger partial charge in [-0.15, -0.1) is 0 Å². The van der Waals surface area contributed by atoms with Crippen LogP contribution in [0, 0.1) is 0 Å². The number of aromatic amines is 1. The number of rotatable bonds is 3. The van der Waals surface area contributed by atoms with Crippen LogP contribution in [0.2, 0.25) is 0 Å². The fourth-order valence-corrected chi connectivity index (χ4v) is 3.78. The fraction of sp³-hybridized carbons (Fsp3) is 0.300. The van der Waals surface area contributed by atoms with E-state index in [9.17, 15) is 0 Å². The number of anilines is 1. The van der Waals surface area contributed by atoms with Crippen molar-refractivity contribution < 1.29 is 0 Å². The Balaban J connectivity index is 1.48. The van der Waals surface area contributed by atoms with Crippen molar-refractivity contribution in [3.8, 4) is 11.1 Å². The van der Waals surface area contributed by atoms with Gasteiger partial charge in [0.1, 0.15) is 5.65 Å². The van der Waals surface area contributed by atoms with Crippen LogP contribution < -0.4 is 5.32 Å². The minimum Gasteiger partial charge on any atom is -0.351 e. The zero-order valence-electron chi connectivity index (χ0n) is 14.4. The number of hydrogen-bond acceptors (Lipinski definition) is 5. The molecule has 1 aliphatic rings. The SMILES string of the molecule is c1cnc2cc(-c3c[nH]c4nc(NC5CCCCC5)ncc34)ccc2n1. The molecule has 0 saturated heterocycles. The maximum atomic E-state index is 4.67. The Labute approximate surface area is 151 Å². The van der Waals surface area contributed by atoms with Gasteiger partial charge >= 0.3 is 0 Å². The van der Waals surface area contributed by atoms with Gasteiger partial charge in [-0.1, -0.05) is 25.3 Å². The second kappa shape index (κ2) is 6.37. The summed E-state index contributed by atoms with van der Waals surface area (Å²) in [4.78, 5) is 21.2. The van der Waals surface area contributed by atoms with E-state index in [0.29, 0.717) is 12.0 Å². The van der Waals surface area contributed by atoms with Crippen LogP contribution in [0.15, 0.2) is 43.0 Å². The Morgan fingerprint density at radius 3 is 2.69 bits per heavy atom. The molecule has 3 aromatic heterocycles. The van der Waals surface area contributed by atoms with Gasteiger partial charge < -0.3 is 10.3 Å². The largest absolute Gasteiger partial charge is 0.351 e. The third-order valence-electron chi connectivity index (χ3n) is 5.15. The lowest BCUT2D eigenvalue weighted by Gasteiger charge is -2.22. The number of nitrogens with one attached hydrogen (secondary N) is 2. The lowest BCUT2D eigenvalue weighted by Crippen LogP contribution is -2.23. The number of fused-ring (bicyclic) bond motifs is 2. The molecule has 0 aliphatic heterocycles. The van der Waals surface area contributed by atoms with E-state index in [1.165, 1.54) is 32.1 Å². The van der Waals surface area contributed by atoms with Crippen molar-refractivity contribution >= 4 is 28.0 Å². The second-order valence-corrected chi connectivity index (χ2v) is 6.90. The molecule has 0 bridgehead atoms. The maximum absolute atomic E-state index is 4.67. The number of aromatic nitrogens is 5. The van der Waals surface area contributed by atoms with Crippen molar-refractivity contribution in [2.75, 3.05) is 5.32 Å². The summed E-state index contributed by atoms with van der Waals surface area (Å²) in [6, 6.07) is 6.61. The van der Waals surface area contributed by atoms with E-state index in [1.54, 1.807) is 12.4 Å². The number of hydrogen-bond donors (Lipinski definition) is 2. The van der Waals surface area contributed by atoms with Gasteiger partial charge in [-0.2, -0.15) is 4.98 Å². The topological polar surface area (TPSA) is 79.4 Å². The normalized spacial score (nSPS) is 15.5. The van der Waals surface area contributed by atoms with Gasteiger partial charge in [-0.05, 0) is 30.5 Å². The number of benzene rings is 1. The van der Waals surface area contributed by atoms with Crippen LogP contribution in [-0.2, 0) is 0 Å². The first-order chi connectivity index (χ1) is 12.9. The molecule has 130 valence electrons. The number of nitrogens with zero attached hydrogens (tertiary/aromatic N) is 4. The van der Waals surface area contributed by atoms with Crippen molar-refractivity contribution in [1.82, 2.24) is 24.9 Å². The lowest BCUT2D eigenvalue weighted by molar-refractivity contribution is 0.461. The molecule has 3 heterocycles. The smallest absolute Gasteiger partial charge is 0.224 e. The summed E-state index contributed by atoms with van der Waals surface area (Å²) in [6.07, 6.45) is 13.6. The van der Waals surface area contributed by atoms with Crippen molar-refractivity contribution in [2.24, 2.45) is 0 Å². The van der Waals surface area contributed by atoms with Gasteiger partial charge in [0.25, 0.3) is 0 Å². The molecule has 4 aromatic rings. The minimum absolute atomic E-state index is 0.495. The molecule has 1 saturated carbocycles. The van der Waals surface area contributed by atoms with E-state index in [4.69, 9.17) is 0 Å². The molecule has 0 amide bonds. The molecule has 6 heteroatoms. The zero-order valence-corrected chi connectivity index (χ0v) is 14.4. The molecule has 1 fully saturated rings. The molecule has 2 N–H and O–H groups in total. The first-order valence-electron chi connectivity index (χ1n) is 9.19. The summed E-state index contributed by atoms with van der Waals surface area (Å²) in [5.74, 6) is 0.710.